The molecule has 0 radical (unpaired) electrons. The normalized spacial score (nSPS) is 15.6. The third kappa shape index (κ3) is 3.91. The number of aromatic nitrogens is 5. The Bertz CT molecular complexity index is 1100. The Morgan fingerprint density at radius 3 is 2.70 bits per heavy atom. The predicted octanol–water partition coefficient (Wildman–Crippen LogP) is 3.95. The van der Waals surface area contributed by atoms with Crippen LogP contribution in [0.5, 0.6) is 0 Å². The van der Waals surface area contributed by atoms with E-state index in [1.807, 2.05) is 41.0 Å². The van der Waals surface area contributed by atoms with Crippen LogP contribution in [0, 0.1) is 5.82 Å². The summed E-state index contributed by atoms with van der Waals surface area (Å²) in [6.07, 6.45) is 7.00. The number of likely N-dealkylation sites (tertiary alicyclic amines) is 1. The highest BCUT2D eigenvalue weighted by Gasteiger charge is 2.22. The van der Waals surface area contributed by atoms with Crippen molar-refractivity contribution in [1.29, 1.82) is 0 Å². The average Bonchev–Trinajstić information content (AvgIpc) is 3.52. The van der Waals surface area contributed by atoms with Gasteiger partial charge < -0.3 is 10.2 Å². The minimum atomic E-state index is -0.236. The molecule has 0 spiro atoms. The molecule has 1 aliphatic rings. The second-order valence-electron chi connectivity index (χ2n) is 7.69. The highest BCUT2D eigenvalue weighted by molar-refractivity contribution is 5.71. The van der Waals surface area contributed by atoms with E-state index in [9.17, 15) is 4.39 Å². The number of rotatable bonds is 7. The number of anilines is 2. The van der Waals surface area contributed by atoms with Crippen molar-refractivity contribution in [3.05, 3.63) is 72.1 Å². The van der Waals surface area contributed by atoms with Gasteiger partial charge in [0.1, 0.15) is 17.2 Å². The van der Waals surface area contributed by atoms with Crippen LogP contribution >= 0.6 is 0 Å². The summed E-state index contributed by atoms with van der Waals surface area (Å²) in [5.74, 6) is 1.92. The fraction of sp³-hybridized carbons (Fsp3) is 0.318. The third-order valence-electron chi connectivity index (χ3n) is 5.68. The highest BCUT2D eigenvalue weighted by atomic mass is 19.1. The second kappa shape index (κ2) is 8.23. The van der Waals surface area contributed by atoms with Gasteiger partial charge in [0.15, 0.2) is 11.6 Å². The van der Waals surface area contributed by atoms with Gasteiger partial charge in [0.2, 0.25) is 0 Å². The van der Waals surface area contributed by atoms with Crippen molar-refractivity contribution in [2.45, 2.75) is 25.2 Å². The molecule has 0 bridgehead atoms. The molecule has 4 aromatic rings. The number of nitrogens with zero attached hydrogens (tertiary/aromatic N) is 5. The summed E-state index contributed by atoms with van der Waals surface area (Å²) in [6, 6.07) is 12.5. The van der Waals surface area contributed by atoms with Crippen molar-refractivity contribution < 1.29 is 4.39 Å². The van der Waals surface area contributed by atoms with Gasteiger partial charge in [0, 0.05) is 18.2 Å². The molecule has 0 amide bonds. The fourth-order valence-electron chi connectivity index (χ4n) is 4.10. The maximum atomic E-state index is 13.6. The summed E-state index contributed by atoms with van der Waals surface area (Å²) in [5.41, 5.74) is 1.90. The maximum Gasteiger partial charge on any atom is 0.159 e. The molecule has 7 nitrogen and oxygen atoms in total. The Labute approximate surface area is 173 Å². The lowest BCUT2D eigenvalue weighted by molar-refractivity contribution is 0.325. The molecular formula is C22H24FN7. The van der Waals surface area contributed by atoms with E-state index < -0.39 is 0 Å². The Morgan fingerprint density at radius 2 is 1.93 bits per heavy atom. The first-order chi connectivity index (χ1) is 14.8. The van der Waals surface area contributed by atoms with Crippen LogP contribution in [-0.2, 0) is 0 Å². The monoisotopic (exact) mass is 405 g/mol. The number of aromatic amines is 1. The smallest absolute Gasteiger partial charge is 0.159 e. The second-order valence-corrected chi connectivity index (χ2v) is 7.69. The van der Waals surface area contributed by atoms with Gasteiger partial charge >= 0.3 is 0 Å². The van der Waals surface area contributed by atoms with Crippen LogP contribution in [0.25, 0.3) is 5.52 Å². The van der Waals surface area contributed by atoms with Gasteiger partial charge in [0.25, 0.3) is 0 Å². The predicted molar refractivity (Wildman–Crippen MR) is 113 cm³/mol. The van der Waals surface area contributed by atoms with Crippen molar-refractivity contribution >= 4 is 17.2 Å². The molecule has 4 heterocycles. The average molecular weight is 405 g/mol. The number of H-pyrrole nitrogens is 1. The van der Waals surface area contributed by atoms with E-state index in [0.717, 1.165) is 43.0 Å². The summed E-state index contributed by atoms with van der Waals surface area (Å²) in [6.45, 7) is 3.25. The fourth-order valence-corrected chi connectivity index (χ4v) is 4.10. The molecule has 8 heteroatoms. The molecule has 2 N–H and O–H groups in total. The number of benzene rings is 1. The molecule has 1 fully saturated rings. The lowest BCUT2D eigenvalue weighted by atomic mass is 9.94. The zero-order chi connectivity index (χ0) is 20.3. The van der Waals surface area contributed by atoms with Crippen molar-refractivity contribution in [1.82, 2.24) is 29.7 Å². The zero-order valence-corrected chi connectivity index (χ0v) is 16.6. The van der Waals surface area contributed by atoms with E-state index >= 15 is 0 Å². The lowest BCUT2D eigenvalue weighted by Crippen LogP contribution is -2.23. The van der Waals surface area contributed by atoms with Gasteiger partial charge in [-0.25, -0.2) is 13.9 Å². The quantitative estimate of drug-likeness (QED) is 0.487. The summed E-state index contributed by atoms with van der Waals surface area (Å²) in [4.78, 5) is 7.37. The van der Waals surface area contributed by atoms with Crippen molar-refractivity contribution in [2.24, 2.45) is 0 Å². The summed E-state index contributed by atoms with van der Waals surface area (Å²) >= 11 is 0. The first-order valence-electron chi connectivity index (χ1n) is 10.4. The largest absolute Gasteiger partial charge is 0.323 e. The molecule has 1 unspecified atom stereocenters. The number of fused-ring (bicyclic) bond motifs is 1. The minimum absolute atomic E-state index is 0.0275. The molecule has 1 aromatic carbocycles. The van der Waals surface area contributed by atoms with E-state index in [2.05, 4.69) is 20.4 Å². The zero-order valence-electron chi connectivity index (χ0n) is 16.6. The third-order valence-corrected chi connectivity index (χ3v) is 5.68. The van der Waals surface area contributed by atoms with Crippen molar-refractivity contribution in [3.63, 3.8) is 0 Å². The van der Waals surface area contributed by atoms with Crippen LogP contribution in [0.15, 0.2) is 54.9 Å². The topological polar surface area (TPSA) is 74.1 Å². The molecule has 30 heavy (non-hydrogen) atoms. The van der Waals surface area contributed by atoms with Crippen LogP contribution < -0.4 is 5.32 Å². The van der Waals surface area contributed by atoms with E-state index in [1.54, 1.807) is 6.20 Å². The van der Waals surface area contributed by atoms with Gasteiger partial charge in [0.05, 0.1) is 6.20 Å². The SMILES string of the molecule is Fc1ccc(C(CCN2CCCC2)c2nc(Nc3ccn[nH]3)c3cccn3n2)cc1. The van der Waals surface area contributed by atoms with Crippen molar-refractivity contribution in [3.8, 4) is 0 Å². The Kier molecular flexibility index (Phi) is 5.15. The molecule has 154 valence electrons. The van der Waals surface area contributed by atoms with Crippen molar-refractivity contribution in [2.75, 3.05) is 25.0 Å². The Balaban J connectivity index is 1.52. The van der Waals surface area contributed by atoms with Crippen LogP contribution in [0.3, 0.4) is 0 Å². The van der Waals surface area contributed by atoms with E-state index in [0.29, 0.717) is 11.6 Å². The molecule has 1 saturated heterocycles. The maximum absolute atomic E-state index is 13.6. The minimum Gasteiger partial charge on any atom is -0.323 e. The van der Waals surface area contributed by atoms with E-state index in [1.165, 1.54) is 25.0 Å². The number of halogens is 1. The number of hydrogen-bond acceptors (Lipinski definition) is 5. The summed E-state index contributed by atoms with van der Waals surface area (Å²) in [7, 11) is 0. The van der Waals surface area contributed by atoms with Crippen LogP contribution in [0.2, 0.25) is 0 Å². The van der Waals surface area contributed by atoms with E-state index in [4.69, 9.17) is 10.1 Å². The van der Waals surface area contributed by atoms with E-state index in [-0.39, 0.29) is 11.7 Å². The van der Waals surface area contributed by atoms with Gasteiger partial charge in [-0.3, -0.25) is 5.10 Å². The molecule has 1 atom stereocenters. The van der Waals surface area contributed by atoms with Gasteiger partial charge in [-0.15, -0.1) is 0 Å². The van der Waals surface area contributed by atoms with Crippen LogP contribution in [-0.4, -0.2) is 49.3 Å². The lowest BCUT2D eigenvalue weighted by Gasteiger charge is -2.21. The standard InChI is InChI=1S/C22H24FN7/c23-17-7-5-16(6-8-17)18(10-15-29-12-1-2-13-29)21-26-22(25-20-9-11-24-27-20)19-4-3-14-30(19)28-21/h3-9,11,14,18H,1-2,10,12-13,15H2,(H2,24,25,26,27,28). The highest BCUT2D eigenvalue weighted by Crippen LogP contribution is 2.29. The molecule has 3 aromatic heterocycles. The first-order valence-corrected chi connectivity index (χ1v) is 10.4. The van der Waals surface area contributed by atoms with Gasteiger partial charge in [-0.2, -0.15) is 10.2 Å². The molecule has 0 aliphatic carbocycles. The van der Waals surface area contributed by atoms with Gasteiger partial charge in [-0.1, -0.05) is 12.1 Å². The number of hydrogen-bond donors (Lipinski definition) is 2. The molecule has 5 rings (SSSR count). The Hall–Kier alpha value is -3.26. The molecule has 1 aliphatic heterocycles. The summed E-state index contributed by atoms with van der Waals surface area (Å²) in [5, 5.41) is 15.0. The van der Waals surface area contributed by atoms with Crippen LogP contribution in [0.1, 0.15) is 36.6 Å². The summed E-state index contributed by atoms with van der Waals surface area (Å²) < 4.78 is 15.4. The molecular weight excluding hydrogens is 381 g/mol. The van der Waals surface area contributed by atoms with Crippen LogP contribution in [0.4, 0.5) is 16.0 Å². The molecule has 0 saturated carbocycles. The van der Waals surface area contributed by atoms with Gasteiger partial charge in [-0.05, 0) is 68.7 Å². The number of nitrogens with one attached hydrogen (secondary N) is 2. The Morgan fingerprint density at radius 1 is 1.10 bits per heavy atom. The first kappa shape index (κ1) is 18.7.